The van der Waals surface area contributed by atoms with E-state index in [1.54, 1.807) is 41.1 Å². The normalized spacial score (nSPS) is 19.6. The van der Waals surface area contributed by atoms with Crippen molar-refractivity contribution in [1.29, 1.82) is 0 Å². The second-order valence-electron chi connectivity index (χ2n) is 9.67. The molecule has 3 N–H and O–H groups in total. The monoisotopic (exact) mass is 521 g/mol. The second kappa shape index (κ2) is 9.27. The zero-order chi connectivity index (χ0) is 25.6. The molecule has 3 fully saturated rings. The van der Waals surface area contributed by atoms with Gasteiger partial charge in [-0.1, -0.05) is 6.07 Å². The van der Waals surface area contributed by atoms with E-state index in [0.717, 1.165) is 25.2 Å². The summed E-state index contributed by atoms with van der Waals surface area (Å²) in [5.74, 6) is 1.09. The zero-order valence-electron chi connectivity index (χ0n) is 20.1. The maximum absolute atomic E-state index is 13.0. The number of hydrogen-bond donors (Lipinski definition) is 3. The molecule has 12 heteroatoms. The van der Waals surface area contributed by atoms with Crippen LogP contribution in [0.1, 0.15) is 37.7 Å². The lowest BCUT2D eigenvalue weighted by Gasteiger charge is -2.16. The van der Waals surface area contributed by atoms with Gasteiger partial charge < -0.3 is 10.6 Å². The number of fused-ring (bicyclic) bond motifs is 1. The van der Waals surface area contributed by atoms with Crippen LogP contribution in [0.25, 0.3) is 11.7 Å². The Kier molecular flexibility index (Phi) is 5.92. The van der Waals surface area contributed by atoms with Gasteiger partial charge in [-0.15, -0.1) is 0 Å². The number of carbonyl (C=O) groups is 2. The minimum absolute atomic E-state index is 0.0131. The summed E-state index contributed by atoms with van der Waals surface area (Å²) in [5, 5.41) is 13.4. The van der Waals surface area contributed by atoms with Gasteiger partial charge in [0.1, 0.15) is 11.6 Å². The van der Waals surface area contributed by atoms with Crippen molar-refractivity contribution in [3.63, 3.8) is 0 Å². The number of sulfonamides is 1. The summed E-state index contributed by atoms with van der Waals surface area (Å²) in [6.07, 6.45) is 7.37. The van der Waals surface area contributed by atoms with E-state index in [4.69, 9.17) is 4.98 Å². The Bertz CT molecular complexity index is 1540. The van der Waals surface area contributed by atoms with Crippen molar-refractivity contribution in [2.24, 2.45) is 5.92 Å². The molecule has 4 heterocycles. The molecule has 0 bridgehead atoms. The van der Waals surface area contributed by atoms with Crippen molar-refractivity contribution in [1.82, 2.24) is 24.2 Å². The summed E-state index contributed by atoms with van der Waals surface area (Å²) in [6.45, 7) is 1.88. The average Bonchev–Trinajstić information content (AvgIpc) is 3.22. The first kappa shape index (κ1) is 23.6. The van der Waals surface area contributed by atoms with E-state index in [2.05, 4.69) is 21.0 Å². The molecule has 6 rings (SSSR count). The summed E-state index contributed by atoms with van der Waals surface area (Å²) in [4.78, 5) is 28.7. The number of hydrogen-bond acceptors (Lipinski definition) is 8. The highest BCUT2D eigenvalue weighted by molar-refractivity contribution is 7.89. The van der Waals surface area contributed by atoms with Gasteiger partial charge in [-0.2, -0.15) is 13.9 Å². The number of imide groups is 1. The number of aromatic nitrogens is 3. The highest BCUT2D eigenvalue weighted by Crippen LogP contribution is 2.31. The van der Waals surface area contributed by atoms with Gasteiger partial charge in [-0.3, -0.25) is 14.9 Å². The maximum Gasteiger partial charge on any atom is 0.254 e. The van der Waals surface area contributed by atoms with E-state index >= 15 is 0 Å². The van der Waals surface area contributed by atoms with Crippen LogP contribution in [0.15, 0.2) is 47.0 Å². The van der Waals surface area contributed by atoms with Crippen LogP contribution in [0.2, 0.25) is 0 Å². The van der Waals surface area contributed by atoms with Crippen LogP contribution in [-0.2, 0) is 19.6 Å². The molecule has 2 aromatic heterocycles. The lowest BCUT2D eigenvalue weighted by atomic mass is 10.1. The van der Waals surface area contributed by atoms with Gasteiger partial charge in [-0.05, 0) is 55.9 Å². The van der Waals surface area contributed by atoms with Crippen LogP contribution in [0.3, 0.4) is 0 Å². The van der Waals surface area contributed by atoms with Crippen LogP contribution in [0.4, 0.5) is 17.3 Å². The third kappa shape index (κ3) is 4.81. The van der Waals surface area contributed by atoms with Gasteiger partial charge in [0, 0.05) is 42.5 Å². The molecule has 2 aliphatic heterocycles. The third-order valence-electron chi connectivity index (χ3n) is 6.80. The number of nitrogens with one attached hydrogen (secondary N) is 3. The highest BCUT2D eigenvalue weighted by Gasteiger charge is 2.28. The van der Waals surface area contributed by atoms with Crippen molar-refractivity contribution in [3.8, 4) is 0 Å². The lowest BCUT2D eigenvalue weighted by molar-refractivity contribution is -0.124. The van der Waals surface area contributed by atoms with Gasteiger partial charge in [0.15, 0.2) is 5.65 Å². The summed E-state index contributed by atoms with van der Waals surface area (Å²) in [5.41, 5.74) is 2.05. The van der Waals surface area contributed by atoms with Crippen LogP contribution in [0.5, 0.6) is 0 Å². The summed E-state index contributed by atoms with van der Waals surface area (Å²) in [6, 6.07) is 8.55. The standard InChI is InChI=1S/C25H27N7O4S/c33-23-11-17(25(34)30-23)10-18-15-27-32-22(26-14-16-6-7-16)13-21(29-24(18)32)28-19-4-3-5-20(12-19)37(35,36)31-8-1-2-9-31/h3-5,10,12-13,15-16,26H,1-2,6-9,11,14H2,(H,28,29)(H,30,33,34)/b17-10+. The van der Waals surface area contributed by atoms with E-state index in [-0.39, 0.29) is 17.2 Å². The van der Waals surface area contributed by atoms with Gasteiger partial charge in [0.05, 0.1) is 17.5 Å². The predicted octanol–water partition coefficient (Wildman–Crippen LogP) is 2.51. The SMILES string of the molecule is O=C1C/C(=C\c2cnn3c(NCC4CC4)cc(Nc4cccc(S(=O)(=O)N5CCCC5)c4)nc23)C(=O)N1. The smallest absolute Gasteiger partial charge is 0.254 e. The molecule has 0 spiro atoms. The van der Waals surface area contributed by atoms with Gasteiger partial charge in [-0.25, -0.2) is 13.4 Å². The van der Waals surface area contributed by atoms with Crippen molar-refractivity contribution in [3.05, 3.63) is 47.7 Å². The molecule has 1 aliphatic carbocycles. The third-order valence-corrected chi connectivity index (χ3v) is 8.70. The van der Waals surface area contributed by atoms with Crippen molar-refractivity contribution in [2.45, 2.75) is 37.0 Å². The first-order chi connectivity index (χ1) is 17.9. The second-order valence-corrected chi connectivity index (χ2v) is 11.6. The van der Waals surface area contributed by atoms with E-state index < -0.39 is 15.9 Å². The van der Waals surface area contributed by atoms with Crippen molar-refractivity contribution < 1.29 is 18.0 Å². The topological polar surface area (TPSA) is 138 Å². The van der Waals surface area contributed by atoms with E-state index in [1.165, 1.54) is 17.1 Å². The molecule has 192 valence electrons. The van der Waals surface area contributed by atoms with Crippen molar-refractivity contribution in [2.75, 3.05) is 30.3 Å². The van der Waals surface area contributed by atoms with Gasteiger partial charge in [0.2, 0.25) is 15.9 Å². The largest absolute Gasteiger partial charge is 0.370 e. The minimum Gasteiger partial charge on any atom is -0.370 e. The quantitative estimate of drug-likeness (QED) is 0.304. The molecular weight excluding hydrogens is 494 g/mol. The summed E-state index contributed by atoms with van der Waals surface area (Å²) >= 11 is 0. The first-order valence-corrected chi connectivity index (χ1v) is 13.9. The highest BCUT2D eigenvalue weighted by atomic mass is 32.2. The fourth-order valence-electron chi connectivity index (χ4n) is 4.61. The fourth-order valence-corrected chi connectivity index (χ4v) is 6.17. The Morgan fingerprint density at radius 3 is 2.68 bits per heavy atom. The minimum atomic E-state index is -3.56. The Hall–Kier alpha value is -3.77. The Morgan fingerprint density at radius 1 is 1.14 bits per heavy atom. The molecule has 1 saturated carbocycles. The lowest BCUT2D eigenvalue weighted by Crippen LogP contribution is -2.27. The molecule has 0 atom stereocenters. The van der Waals surface area contributed by atoms with Gasteiger partial charge >= 0.3 is 0 Å². The predicted molar refractivity (Wildman–Crippen MR) is 138 cm³/mol. The molecular formula is C25H27N7O4S. The summed E-state index contributed by atoms with van der Waals surface area (Å²) < 4.78 is 29.3. The molecule has 3 aliphatic rings. The van der Waals surface area contributed by atoms with Gasteiger partial charge in [0.25, 0.3) is 5.91 Å². The Labute approximate surface area is 214 Å². The fraction of sp³-hybridized carbons (Fsp3) is 0.360. The van der Waals surface area contributed by atoms with E-state index in [9.17, 15) is 18.0 Å². The molecule has 2 saturated heterocycles. The zero-order valence-corrected chi connectivity index (χ0v) is 20.9. The average molecular weight is 522 g/mol. The number of carbonyl (C=O) groups excluding carboxylic acids is 2. The maximum atomic E-state index is 13.0. The first-order valence-electron chi connectivity index (χ1n) is 12.4. The molecule has 37 heavy (non-hydrogen) atoms. The Morgan fingerprint density at radius 2 is 1.95 bits per heavy atom. The molecule has 1 aromatic carbocycles. The van der Waals surface area contributed by atoms with Crippen LogP contribution >= 0.6 is 0 Å². The summed E-state index contributed by atoms with van der Waals surface area (Å²) in [7, 11) is -3.56. The number of rotatable bonds is 8. The van der Waals surface area contributed by atoms with Crippen LogP contribution in [0, 0.1) is 5.92 Å². The number of amides is 2. The van der Waals surface area contributed by atoms with Crippen molar-refractivity contribution >= 4 is 50.9 Å². The van der Waals surface area contributed by atoms with Crippen LogP contribution in [-0.4, -0.2) is 58.8 Å². The molecule has 2 amide bonds. The number of benzene rings is 1. The molecule has 11 nitrogen and oxygen atoms in total. The van der Waals surface area contributed by atoms with Crippen LogP contribution < -0.4 is 16.0 Å². The number of nitrogens with zero attached hydrogens (tertiary/aromatic N) is 4. The molecule has 3 aromatic rings. The van der Waals surface area contributed by atoms with E-state index in [1.807, 2.05) is 6.07 Å². The molecule has 0 unspecified atom stereocenters. The molecule has 0 radical (unpaired) electrons. The van der Waals surface area contributed by atoms with E-state index in [0.29, 0.717) is 47.3 Å². The Balaban J connectivity index is 1.35. The number of anilines is 3.